The Morgan fingerprint density at radius 3 is 2.60 bits per heavy atom. The number of sulfonamides is 1. The minimum absolute atomic E-state index is 0.0581. The van der Waals surface area contributed by atoms with E-state index < -0.39 is 37.3 Å². The number of nitro benzene ring substituents is 1. The van der Waals surface area contributed by atoms with E-state index in [4.69, 9.17) is 5.26 Å². The van der Waals surface area contributed by atoms with Gasteiger partial charge in [0.15, 0.2) is 0 Å². The van der Waals surface area contributed by atoms with E-state index in [-0.39, 0.29) is 6.54 Å². The van der Waals surface area contributed by atoms with Gasteiger partial charge < -0.3 is 0 Å². The predicted molar refractivity (Wildman–Crippen MR) is 67.6 cm³/mol. The SMILES string of the molecule is CC(C#N)CN(C)S(=O)(=O)c1ccc([N+](=O)[O-])c(F)c1. The third-order valence-electron chi connectivity index (χ3n) is 2.58. The van der Waals surface area contributed by atoms with Crippen molar-refractivity contribution in [3.8, 4) is 6.07 Å². The summed E-state index contributed by atoms with van der Waals surface area (Å²) >= 11 is 0. The molecule has 1 atom stereocenters. The highest BCUT2D eigenvalue weighted by Gasteiger charge is 2.25. The number of hydrogen-bond donors (Lipinski definition) is 0. The molecule has 1 rings (SSSR count). The summed E-state index contributed by atoms with van der Waals surface area (Å²) in [5.74, 6) is -1.75. The molecular weight excluding hydrogens is 289 g/mol. The number of nitrogens with zero attached hydrogens (tertiary/aromatic N) is 3. The third kappa shape index (κ3) is 3.28. The quantitative estimate of drug-likeness (QED) is 0.605. The number of rotatable bonds is 5. The molecule has 20 heavy (non-hydrogen) atoms. The van der Waals surface area contributed by atoms with Gasteiger partial charge in [0.25, 0.3) is 0 Å². The van der Waals surface area contributed by atoms with Crippen molar-refractivity contribution in [2.24, 2.45) is 5.92 Å². The van der Waals surface area contributed by atoms with Gasteiger partial charge in [-0.1, -0.05) is 0 Å². The van der Waals surface area contributed by atoms with Crippen LogP contribution in [-0.2, 0) is 10.0 Å². The van der Waals surface area contributed by atoms with Gasteiger partial charge >= 0.3 is 5.69 Å². The molecule has 0 N–H and O–H groups in total. The lowest BCUT2D eigenvalue weighted by Gasteiger charge is -2.18. The van der Waals surface area contributed by atoms with Crippen LogP contribution < -0.4 is 0 Å². The number of benzene rings is 1. The first kappa shape index (κ1) is 16.0. The Labute approximate surface area is 115 Å². The lowest BCUT2D eigenvalue weighted by Crippen LogP contribution is -2.30. The first-order valence-corrected chi connectivity index (χ1v) is 6.94. The molecule has 1 unspecified atom stereocenters. The largest absolute Gasteiger partial charge is 0.304 e. The predicted octanol–water partition coefficient (Wildman–Crippen LogP) is 1.51. The first-order chi connectivity index (χ1) is 9.20. The van der Waals surface area contributed by atoms with Crippen LogP contribution in [0.15, 0.2) is 23.1 Å². The molecule has 1 aromatic carbocycles. The summed E-state index contributed by atoms with van der Waals surface area (Å²) in [6.07, 6.45) is 0. The minimum Gasteiger partial charge on any atom is -0.258 e. The standard InChI is InChI=1S/C11H12FN3O4S/c1-8(6-13)7-14(2)20(18,19)9-3-4-11(15(16)17)10(12)5-9/h3-5,8H,7H2,1-2H3. The number of nitro groups is 1. The fourth-order valence-electron chi connectivity index (χ4n) is 1.50. The summed E-state index contributed by atoms with van der Waals surface area (Å²) in [4.78, 5) is 9.14. The monoisotopic (exact) mass is 301 g/mol. The molecule has 0 bridgehead atoms. The van der Waals surface area contributed by atoms with Gasteiger partial charge in [0.1, 0.15) is 0 Å². The summed E-state index contributed by atoms with van der Waals surface area (Å²) in [5, 5.41) is 19.1. The third-order valence-corrected chi connectivity index (χ3v) is 4.39. The Hall–Kier alpha value is -2.05. The molecule has 0 aliphatic rings. The lowest BCUT2D eigenvalue weighted by molar-refractivity contribution is -0.387. The molecule has 0 radical (unpaired) electrons. The van der Waals surface area contributed by atoms with Crippen LogP contribution in [0.5, 0.6) is 0 Å². The van der Waals surface area contributed by atoms with Crippen LogP contribution in [0.25, 0.3) is 0 Å². The topological polar surface area (TPSA) is 104 Å². The van der Waals surface area contributed by atoms with Crippen molar-refractivity contribution in [3.05, 3.63) is 34.1 Å². The van der Waals surface area contributed by atoms with Crippen molar-refractivity contribution in [2.45, 2.75) is 11.8 Å². The molecule has 0 heterocycles. The molecule has 0 saturated carbocycles. The van der Waals surface area contributed by atoms with E-state index >= 15 is 0 Å². The molecule has 0 amide bonds. The zero-order valence-corrected chi connectivity index (χ0v) is 11.6. The van der Waals surface area contributed by atoms with Crippen molar-refractivity contribution < 1.29 is 17.7 Å². The van der Waals surface area contributed by atoms with Crippen LogP contribution in [0.4, 0.5) is 10.1 Å². The Morgan fingerprint density at radius 2 is 2.15 bits per heavy atom. The van der Waals surface area contributed by atoms with Gasteiger partial charge in [-0.25, -0.2) is 8.42 Å². The van der Waals surface area contributed by atoms with E-state index in [0.717, 1.165) is 16.4 Å². The summed E-state index contributed by atoms with van der Waals surface area (Å²) in [5.41, 5.74) is -0.794. The maximum Gasteiger partial charge on any atom is 0.304 e. The average Bonchev–Trinajstić information content (AvgIpc) is 2.37. The van der Waals surface area contributed by atoms with Gasteiger partial charge in [0, 0.05) is 25.7 Å². The maximum absolute atomic E-state index is 13.4. The zero-order chi connectivity index (χ0) is 15.5. The van der Waals surface area contributed by atoms with Crippen LogP contribution in [0.2, 0.25) is 0 Å². The van der Waals surface area contributed by atoms with Crippen molar-refractivity contribution >= 4 is 15.7 Å². The molecular formula is C11H12FN3O4S. The Bertz CT molecular complexity index is 669. The smallest absolute Gasteiger partial charge is 0.258 e. The van der Waals surface area contributed by atoms with Crippen LogP contribution in [0.1, 0.15) is 6.92 Å². The number of hydrogen-bond acceptors (Lipinski definition) is 5. The molecule has 0 saturated heterocycles. The van der Waals surface area contributed by atoms with E-state index in [2.05, 4.69) is 0 Å². The average molecular weight is 301 g/mol. The highest BCUT2D eigenvalue weighted by atomic mass is 32.2. The highest BCUT2D eigenvalue weighted by Crippen LogP contribution is 2.23. The Balaban J connectivity index is 3.14. The van der Waals surface area contributed by atoms with E-state index in [1.807, 2.05) is 6.07 Å². The summed E-state index contributed by atoms with van der Waals surface area (Å²) in [7, 11) is -2.74. The lowest BCUT2D eigenvalue weighted by atomic mass is 10.2. The fourth-order valence-corrected chi connectivity index (χ4v) is 2.77. The minimum atomic E-state index is -3.99. The van der Waals surface area contributed by atoms with Gasteiger partial charge in [-0.2, -0.15) is 14.0 Å². The van der Waals surface area contributed by atoms with Gasteiger partial charge in [0.05, 0.1) is 21.8 Å². The Kier molecular flexibility index (Phi) is 4.75. The molecule has 1 aromatic rings. The second-order valence-electron chi connectivity index (χ2n) is 4.19. The summed E-state index contributed by atoms with van der Waals surface area (Å²) in [6, 6.07) is 4.24. The van der Waals surface area contributed by atoms with Crippen LogP contribution in [0.3, 0.4) is 0 Å². The first-order valence-electron chi connectivity index (χ1n) is 5.50. The fraction of sp³-hybridized carbons (Fsp3) is 0.364. The summed E-state index contributed by atoms with van der Waals surface area (Å²) < 4.78 is 38.5. The second kappa shape index (κ2) is 5.94. The molecule has 0 aliphatic carbocycles. The highest BCUT2D eigenvalue weighted by molar-refractivity contribution is 7.89. The van der Waals surface area contributed by atoms with Crippen molar-refractivity contribution in [3.63, 3.8) is 0 Å². The molecule has 7 nitrogen and oxygen atoms in total. The van der Waals surface area contributed by atoms with Crippen LogP contribution in [-0.4, -0.2) is 31.2 Å². The van der Waals surface area contributed by atoms with Crippen LogP contribution >= 0.6 is 0 Å². The van der Waals surface area contributed by atoms with Crippen molar-refractivity contribution in [1.29, 1.82) is 5.26 Å². The Morgan fingerprint density at radius 1 is 1.55 bits per heavy atom. The van der Waals surface area contributed by atoms with Crippen molar-refractivity contribution in [2.75, 3.05) is 13.6 Å². The molecule has 108 valence electrons. The summed E-state index contributed by atoms with van der Waals surface area (Å²) in [6.45, 7) is 1.49. The number of halogens is 1. The molecule has 0 spiro atoms. The molecule has 9 heteroatoms. The van der Waals surface area contributed by atoms with E-state index in [0.29, 0.717) is 6.07 Å². The van der Waals surface area contributed by atoms with Gasteiger partial charge in [-0.05, 0) is 13.0 Å². The van der Waals surface area contributed by atoms with E-state index in [9.17, 15) is 22.9 Å². The molecule has 0 aromatic heterocycles. The van der Waals surface area contributed by atoms with E-state index in [1.165, 1.54) is 7.05 Å². The number of nitriles is 1. The normalized spacial score (nSPS) is 12.9. The molecule has 0 aliphatic heterocycles. The van der Waals surface area contributed by atoms with Gasteiger partial charge in [0.2, 0.25) is 15.8 Å². The van der Waals surface area contributed by atoms with Crippen molar-refractivity contribution in [1.82, 2.24) is 4.31 Å². The second-order valence-corrected chi connectivity index (χ2v) is 6.23. The molecule has 0 fully saturated rings. The zero-order valence-electron chi connectivity index (χ0n) is 10.8. The van der Waals surface area contributed by atoms with Crippen LogP contribution in [0, 0.1) is 33.2 Å². The van der Waals surface area contributed by atoms with Gasteiger partial charge in [-0.3, -0.25) is 10.1 Å². The van der Waals surface area contributed by atoms with E-state index in [1.54, 1.807) is 6.92 Å². The van der Waals surface area contributed by atoms with Gasteiger partial charge in [-0.15, -0.1) is 0 Å². The maximum atomic E-state index is 13.4.